The molecule has 0 bridgehead atoms. The van der Waals surface area contributed by atoms with Gasteiger partial charge in [0.2, 0.25) is 0 Å². The number of hydrogen-bond donors (Lipinski definition) is 0. The highest BCUT2D eigenvalue weighted by Gasteiger charge is 2.12. The van der Waals surface area contributed by atoms with E-state index in [2.05, 4.69) is 55.5 Å². The van der Waals surface area contributed by atoms with Gasteiger partial charge in [-0.15, -0.1) is 0 Å². The number of hydrogen-bond acceptors (Lipinski definition) is 1. The topological polar surface area (TPSA) is 12.4 Å². The average Bonchev–Trinajstić information content (AvgIpc) is 2.63. The monoisotopic (exact) mass is 235 g/mol. The van der Waals surface area contributed by atoms with E-state index in [4.69, 9.17) is 4.99 Å². The van der Waals surface area contributed by atoms with E-state index in [0.717, 1.165) is 12.8 Å². The van der Waals surface area contributed by atoms with E-state index in [0.29, 0.717) is 0 Å². The zero-order chi connectivity index (χ0) is 12.4. The molecule has 0 saturated carbocycles. The van der Waals surface area contributed by atoms with Crippen LogP contribution >= 0.6 is 0 Å². The van der Waals surface area contributed by atoms with Crippen molar-refractivity contribution in [1.82, 2.24) is 0 Å². The fourth-order valence-electron chi connectivity index (χ4n) is 2.56. The van der Waals surface area contributed by atoms with Gasteiger partial charge in [0.1, 0.15) is 0 Å². The van der Waals surface area contributed by atoms with Gasteiger partial charge in [0.05, 0.1) is 5.69 Å². The highest BCUT2D eigenvalue weighted by molar-refractivity contribution is 6.02. The maximum Gasteiger partial charge on any atom is 0.0694 e. The normalized spacial score (nSPS) is 14.6. The molecule has 0 amide bonds. The van der Waals surface area contributed by atoms with Crippen LogP contribution in [0.15, 0.2) is 53.5 Å². The molecule has 0 N–H and O–H groups in total. The lowest BCUT2D eigenvalue weighted by Crippen LogP contribution is -1.99. The first kappa shape index (κ1) is 11.2. The smallest absolute Gasteiger partial charge is 0.0694 e. The van der Waals surface area contributed by atoms with Crippen molar-refractivity contribution in [3.05, 3.63) is 65.2 Å². The van der Waals surface area contributed by atoms with Crippen molar-refractivity contribution in [2.75, 3.05) is 0 Å². The number of aliphatic imine (C=N–C) groups is 1. The van der Waals surface area contributed by atoms with Gasteiger partial charge in [-0.1, -0.05) is 48.5 Å². The van der Waals surface area contributed by atoms with Gasteiger partial charge < -0.3 is 0 Å². The van der Waals surface area contributed by atoms with E-state index in [1.54, 1.807) is 0 Å². The summed E-state index contributed by atoms with van der Waals surface area (Å²) in [6, 6.07) is 17.0. The number of benzene rings is 2. The molecule has 90 valence electrons. The Morgan fingerprint density at radius 3 is 2.56 bits per heavy atom. The number of aryl methyl sites for hydroxylation is 2. The van der Waals surface area contributed by atoms with Crippen molar-refractivity contribution in [2.24, 2.45) is 4.99 Å². The van der Waals surface area contributed by atoms with Gasteiger partial charge >= 0.3 is 0 Å². The predicted molar refractivity (Wildman–Crippen MR) is 76.8 cm³/mol. The summed E-state index contributed by atoms with van der Waals surface area (Å²) >= 11 is 0. The summed E-state index contributed by atoms with van der Waals surface area (Å²) in [5.41, 5.74) is 6.34. The van der Waals surface area contributed by atoms with Crippen LogP contribution in [0.3, 0.4) is 0 Å². The van der Waals surface area contributed by atoms with Gasteiger partial charge in [-0.3, -0.25) is 4.99 Å². The second-order valence-electron chi connectivity index (χ2n) is 4.86. The molecular formula is C17H17N. The maximum atomic E-state index is 4.93. The van der Waals surface area contributed by atoms with E-state index >= 15 is 0 Å². The Bertz CT molecular complexity index is 582. The lowest BCUT2D eigenvalue weighted by molar-refractivity contribution is 0.878. The van der Waals surface area contributed by atoms with Crippen LogP contribution in [0.4, 0.5) is 5.69 Å². The molecule has 0 unspecified atom stereocenters. The lowest BCUT2D eigenvalue weighted by atomic mass is 10.0. The summed E-state index contributed by atoms with van der Waals surface area (Å²) in [4.78, 5) is 4.93. The second kappa shape index (κ2) is 4.77. The Morgan fingerprint density at radius 2 is 1.72 bits per heavy atom. The van der Waals surface area contributed by atoms with Crippen LogP contribution in [0.2, 0.25) is 0 Å². The first-order valence-electron chi connectivity index (χ1n) is 6.56. The van der Waals surface area contributed by atoms with Crippen molar-refractivity contribution in [2.45, 2.75) is 26.2 Å². The van der Waals surface area contributed by atoms with Crippen molar-refractivity contribution in [3.63, 3.8) is 0 Å². The first-order chi connectivity index (χ1) is 8.84. The minimum Gasteiger partial charge on any atom is -0.252 e. The van der Waals surface area contributed by atoms with E-state index in [1.165, 1.54) is 34.5 Å². The molecule has 1 heteroatoms. The third-order valence-corrected chi connectivity index (χ3v) is 3.53. The van der Waals surface area contributed by atoms with E-state index in [-0.39, 0.29) is 0 Å². The van der Waals surface area contributed by atoms with Gasteiger partial charge in [0.25, 0.3) is 0 Å². The van der Waals surface area contributed by atoms with E-state index < -0.39 is 0 Å². The molecule has 3 rings (SSSR count). The van der Waals surface area contributed by atoms with Crippen molar-refractivity contribution in [1.29, 1.82) is 0 Å². The maximum absolute atomic E-state index is 4.93. The van der Waals surface area contributed by atoms with Gasteiger partial charge in [-0.25, -0.2) is 0 Å². The predicted octanol–water partition coefficient (Wildman–Crippen LogP) is 4.45. The largest absolute Gasteiger partial charge is 0.252 e. The SMILES string of the molecule is Cc1cccc2c1N=C(c1ccccc1)CCC2. The third-order valence-electron chi connectivity index (χ3n) is 3.53. The molecule has 1 nitrogen and oxygen atoms in total. The van der Waals surface area contributed by atoms with Crippen LogP contribution in [0.25, 0.3) is 0 Å². The molecule has 0 aromatic heterocycles. The highest BCUT2D eigenvalue weighted by atomic mass is 14.8. The zero-order valence-electron chi connectivity index (χ0n) is 10.7. The average molecular weight is 235 g/mol. The summed E-state index contributed by atoms with van der Waals surface area (Å²) in [7, 11) is 0. The molecule has 0 spiro atoms. The molecule has 2 aromatic carbocycles. The summed E-state index contributed by atoms with van der Waals surface area (Å²) in [5, 5.41) is 0. The van der Waals surface area contributed by atoms with Gasteiger partial charge in [0.15, 0.2) is 0 Å². The Hall–Kier alpha value is -1.89. The molecular weight excluding hydrogens is 218 g/mol. The molecule has 1 aliphatic heterocycles. The van der Waals surface area contributed by atoms with Crippen molar-refractivity contribution < 1.29 is 0 Å². The molecule has 0 aliphatic carbocycles. The van der Waals surface area contributed by atoms with Crippen LogP contribution in [0.5, 0.6) is 0 Å². The highest BCUT2D eigenvalue weighted by Crippen LogP contribution is 2.29. The lowest BCUT2D eigenvalue weighted by Gasteiger charge is -2.06. The van der Waals surface area contributed by atoms with Gasteiger partial charge in [-0.05, 0) is 42.9 Å². The third kappa shape index (κ3) is 2.08. The molecule has 0 radical (unpaired) electrons. The molecule has 0 fully saturated rings. The van der Waals surface area contributed by atoms with Crippen LogP contribution in [-0.2, 0) is 6.42 Å². The Kier molecular flexibility index (Phi) is 2.97. The standard InChI is InChI=1S/C17H17N/c1-13-7-5-10-15-11-6-12-16(18-17(13)15)14-8-3-2-4-9-14/h2-5,7-10H,6,11-12H2,1H3. The summed E-state index contributed by atoms with van der Waals surface area (Å²) < 4.78 is 0. The van der Waals surface area contributed by atoms with Gasteiger partial charge in [0, 0.05) is 5.71 Å². The number of rotatable bonds is 1. The zero-order valence-corrected chi connectivity index (χ0v) is 10.7. The molecule has 2 aromatic rings. The fourth-order valence-corrected chi connectivity index (χ4v) is 2.56. The van der Waals surface area contributed by atoms with Gasteiger partial charge in [-0.2, -0.15) is 0 Å². The second-order valence-corrected chi connectivity index (χ2v) is 4.86. The van der Waals surface area contributed by atoms with E-state index in [1.807, 2.05) is 0 Å². The summed E-state index contributed by atoms with van der Waals surface area (Å²) in [5.74, 6) is 0. The van der Waals surface area contributed by atoms with Crippen molar-refractivity contribution >= 4 is 11.4 Å². The summed E-state index contributed by atoms with van der Waals surface area (Å²) in [6.45, 7) is 2.15. The number of nitrogens with zero attached hydrogens (tertiary/aromatic N) is 1. The quantitative estimate of drug-likeness (QED) is 0.692. The minimum atomic E-state index is 1.07. The molecule has 1 heterocycles. The van der Waals surface area contributed by atoms with Crippen LogP contribution < -0.4 is 0 Å². The minimum absolute atomic E-state index is 1.07. The Morgan fingerprint density at radius 1 is 0.889 bits per heavy atom. The van der Waals surface area contributed by atoms with Crippen LogP contribution in [0, 0.1) is 6.92 Å². The number of para-hydroxylation sites is 1. The molecule has 1 aliphatic rings. The number of fused-ring (bicyclic) bond motifs is 1. The molecule has 0 atom stereocenters. The molecule has 0 saturated heterocycles. The van der Waals surface area contributed by atoms with Crippen molar-refractivity contribution in [3.8, 4) is 0 Å². The van der Waals surface area contributed by atoms with E-state index in [9.17, 15) is 0 Å². The summed E-state index contributed by atoms with van der Waals surface area (Å²) in [6.07, 6.45) is 3.39. The first-order valence-corrected chi connectivity index (χ1v) is 6.56. The Labute approximate surface area is 108 Å². The molecule has 18 heavy (non-hydrogen) atoms. The van der Waals surface area contributed by atoms with Crippen LogP contribution in [-0.4, -0.2) is 5.71 Å². The Balaban J connectivity index is 2.10. The fraction of sp³-hybridized carbons (Fsp3) is 0.235. The van der Waals surface area contributed by atoms with Crippen LogP contribution in [0.1, 0.15) is 29.5 Å².